The normalized spacial score (nSPS) is 12.7. The summed E-state index contributed by atoms with van der Waals surface area (Å²) in [5.74, 6) is 0.288. The van der Waals surface area contributed by atoms with Crippen LogP contribution in [0, 0.1) is 6.92 Å². The van der Waals surface area contributed by atoms with Gasteiger partial charge in [0.1, 0.15) is 18.5 Å². The highest BCUT2D eigenvalue weighted by molar-refractivity contribution is 5.29. The predicted octanol–water partition coefficient (Wildman–Crippen LogP) is 4.89. The van der Waals surface area contributed by atoms with Gasteiger partial charge in [-0.2, -0.15) is 13.2 Å². The van der Waals surface area contributed by atoms with Gasteiger partial charge in [-0.1, -0.05) is 30.3 Å². The molecule has 0 bridgehead atoms. The molecule has 0 fully saturated rings. The third-order valence-electron chi connectivity index (χ3n) is 5.16. The molecule has 0 aliphatic rings. The van der Waals surface area contributed by atoms with Gasteiger partial charge in [-0.15, -0.1) is 0 Å². The van der Waals surface area contributed by atoms with Gasteiger partial charge >= 0.3 is 6.18 Å². The average Bonchev–Trinajstić information content (AvgIpc) is 2.78. The summed E-state index contributed by atoms with van der Waals surface area (Å²) >= 11 is 0. The van der Waals surface area contributed by atoms with E-state index in [1.54, 1.807) is 6.20 Å². The molecule has 0 saturated carbocycles. The van der Waals surface area contributed by atoms with Crippen LogP contribution < -0.4 is 4.74 Å². The second-order valence-electron chi connectivity index (χ2n) is 7.72. The topological polar surface area (TPSA) is 45.6 Å². The van der Waals surface area contributed by atoms with Crippen molar-refractivity contribution in [2.24, 2.45) is 0 Å². The van der Waals surface area contributed by atoms with Crippen molar-refractivity contribution in [3.05, 3.63) is 95.3 Å². The van der Waals surface area contributed by atoms with Gasteiger partial charge in [-0.05, 0) is 54.4 Å². The van der Waals surface area contributed by atoms with Gasteiger partial charge < -0.3 is 9.84 Å². The minimum atomic E-state index is -4.39. The van der Waals surface area contributed by atoms with Gasteiger partial charge in [0, 0.05) is 37.9 Å². The van der Waals surface area contributed by atoms with Crippen molar-refractivity contribution in [3.8, 4) is 5.75 Å². The quantitative estimate of drug-likeness (QED) is 0.484. The summed E-state index contributed by atoms with van der Waals surface area (Å²) in [4.78, 5) is 6.50. The molecule has 2 aromatic carbocycles. The molecule has 1 atom stereocenters. The van der Waals surface area contributed by atoms with E-state index in [0.717, 1.165) is 24.2 Å². The highest BCUT2D eigenvalue weighted by atomic mass is 19.4. The van der Waals surface area contributed by atoms with Crippen molar-refractivity contribution < 1.29 is 23.0 Å². The number of rotatable bonds is 10. The van der Waals surface area contributed by atoms with Crippen molar-refractivity contribution in [1.29, 1.82) is 0 Å². The second kappa shape index (κ2) is 11.1. The monoisotopic (exact) mass is 444 g/mol. The van der Waals surface area contributed by atoms with Crippen LogP contribution in [0.25, 0.3) is 0 Å². The van der Waals surface area contributed by atoms with E-state index in [9.17, 15) is 18.3 Å². The van der Waals surface area contributed by atoms with Crippen LogP contribution in [0.15, 0.2) is 72.9 Å². The molecule has 0 saturated heterocycles. The number of ether oxygens (including phenoxy) is 1. The zero-order valence-electron chi connectivity index (χ0n) is 17.9. The van der Waals surface area contributed by atoms with E-state index in [-0.39, 0.29) is 12.4 Å². The van der Waals surface area contributed by atoms with Crippen molar-refractivity contribution in [3.63, 3.8) is 0 Å². The molecule has 0 amide bonds. The molecule has 0 radical (unpaired) electrons. The maximum Gasteiger partial charge on any atom is 0.416 e. The maximum absolute atomic E-state index is 12.7. The van der Waals surface area contributed by atoms with Crippen molar-refractivity contribution in [2.75, 3.05) is 19.7 Å². The number of aliphatic hydroxyl groups excluding tert-OH is 1. The Morgan fingerprint density at radius 3 is 2.38 bits per heavy atom. The Balaban J connectivity index is 1.59. The smallest absolute Gasteiger partial charge is 0.416 e. The molecular weight excluding hydrogens is 417 g/mol. The fourth-order valence-electron chi connectivity index (χ4n) is 3.37. The molecule has 1 aromatic heterocycles. The van der Waals surface area contributed by atoms with E-state index in [1.807, 2.05) is 30.3 Å². The van der Waals surface area contributed by atoms with Crippen molar-refractivity contribution in [1.82, 2.24) is 9.88 Å². The van der Waals surface area contributed by atoms with Gasteiger partial charge in [-0.3, -0.25) is 9.88 Å². The summed E-state index contributed by atoms with van der Waals surface area (Å²) in [5.41, 5.74) is 2.58. The van der Waals surface area contributed by atoms with Gasteiger partial charge in [0.25, 0.3) is 0 Å². The number of halogens is 3. The number of nitrogens with zero attached hydrogens (tertiary/aromatic N) is 2. The number of pyridine rings is 1. The lowest BCUT2D eigenvalue weighted by Crippen LogP contribution is -2.36. The first-order valence-corrected chi connectivity index (χ1v) is 10.5. The summed E-state index contributed by atoms with van der Waals surface area (Å²) in [7, 11) is 0. The Bertz CT molecular complexity index is 963. The third kappa shape index (κ3) is 7.35. The van der Waals surface area contributed by atoms with E-state index in [4.69, 9.17) is 4.74 Å². The van der Waals surface area contributed by atoms with Crippen LogP contribution in [0.4, 0.5) is 13.2 Å². The Kier molecular flexibility index (Phi) is 8.25. The first-order chi connectivity index (χ1) is 15.3. The Morgan fingerprint density at radius 2 is 1.72 bits per heavy atom. The van der Waals surface area contributed by atoms with E-state index >= 15 is 0 Å². The maximum atomic E-state index is 12.7. The molecular formula is C25H27F3N2O2. The van der Waals surface area contributed by atoms with Gasteiger partial charge in [0.15, 0.2) is 0 Å². The molecule has 0 spiro atoms. The number of alkyl halides is 3. The van der Waals surface area contributed by atoms with Crippen LogP contribution in [-0.2, 0) is 19.1 Å². The number of aliphatic hydroxyl groups is 1. The predicted molar refractivity (Wildman–Crippen MR) is 117 cm³/mol. The molecule has 3 aromatic rings. The summed E-state index contributed by atoms with van der Waals surface area (Å²) in [6.45, 7) is 3.76. The van der Waals surface area contributed by atoms with Gasteiger partial charge in [-0.25, -0.2) is 0 Å². The fourth-order valence-corrected chi connectivity index (χ4v) is 3.37. The van der Waals surface area contributed by atoms with Crippen LogP contribution in [0.3, 0.4) is 0 Å². The molecule has 170 valence electrons. The van der Waals surface area contributed by atoms with Gasteiger partial charge in [0.05, 0.1) is 5.56 Å². The Morgan fingerprint density at radius 1 is 1.00 bits per heavy atom. The van der Waals surface area contributed by atoms with Gasteiger partial charge in [0.2, 0.25) is 0 Å². The average molecular weight is 444 g/mol. The lowest BCUT2D eigenvalue weighted by Gasteiger charge is -2.26. The van der Waals surface area contributed by atoms with E-state index in [2.05, 4.69) is 28.9 Å². The van der Waals surface area contributed by atoms with Crippen molar-refractivity contribution >= 4 is 0 Å². The third-order valence-corrected chi connectivity index (χ3v) is 5.16. The highest BCUT2D eigenvalue weighted by Crippen LogP contribution is 2.30. The number of benzene rings is 2. The Hall–Kier alpha value is -2.90. The fraction of sp³-hybridized carbons (Fsp3) is 0.320. The zero-order valence-corrected chi connectivity index (χ0v) is 17.9. The zero-order chi connectivity index (χ0) is 23.0. The minimum absolute atomic E-state index is 0.0147. The van der Waals surface area contributed by atoms with Crippen LogP contribution in [-0.4, -0.2) is 40.8 Å². The summed E-state index contributed by atoms with van der Waals surface area (Å²) in [6, 6.07) is 18.4. The number of aromatic nitrogens is 1. The minimum Gasteiger partial charge on any atom is -0.491 e. The van der Waals surface area contributed by atoms with E-state index in [0.29, 0.717) is 19.6 Å². The molecule has 1 heterocycles. The summed E-state index contributed by atoms with van der Waals surface area (Å²) < 4.78 is 43.6. The standard InChI is InChI=1S/C25H27F3N2O2/c1-19-6-2-3-7-20(19)16-30(15-13-22-8-4-5-14-29-22)17-23(31)18-32-24-11-9-21(10-12-24)25(26,27)28/h2-12,14,23,31H,13,15-18H2,1H3. The van der Waals surface area contributed by atoms with Crippen LogP contribution >= 0.6 is 0 Å². The molecule has 4 nitrogen and oxygen atoms in total. The number of aryl methyl sites for hydroxylation is 1. The molecule has 32 heavy (non-hydrogen) atoms. The van der Waals surface area contributed by atoms with Crippen molar-refractivity contribution in [2.45, 2.75) is 32.2 Å². The lowest BCUT2D eigenvalue weighted by molar-refractivity contribution is -0.137. The SMILES string of the molecule is Cc1ccccc1CN(CCc1ccccn1)CC(O)COc1ccc(C(F)(F)F)cc1. The molecule has 0 aliphatic carbocycles. The number of hydrogen-bond acceptors (Lipinski definition) is 4. The molecule has 7 heteroatoms. The van der Waals surface area contributed by atoms with Crippen LogP contribution in [0.5, 0.6) is 5.75 Å². The van der Waals surface area contributed by atoms with Crippen LogP contribution in [0.1, 0.15) is 22.4 Å². The molecule has 1 unspecified atom stereocenters. The first kappa shape index (κ1) is 23.8. The molecule has 3 rings (SSSR count). The highest BCUT2D eigenvalue weighted by Gasteiger charge is 2.30. The van der Waals surface area contributed by atoms with E-state index < -0.39 is 17.8 Å². The molecule has 0 aliphatic heterocycles. The Labute approximate surface area is 186 Å². The summed E-state index contributed by atoms with van der Waals surface area (Å²) in [6.07, 6.45) is -2.70. The summed E-state index contributed by atoms with van der Waals surface area (Å²) in [5, 5.41) is 10.5. The van der Waals surface area contributed by atoms with Crippen LogP contribution in [0.2, 0.25) is 0 Å². The molecule has 1 N–H and O–H groups in total. The second-order valence-corrected chi connectivity index (χ2v) is 7.72. The lowest BCUT2D eigenvalue weighted by atomic mass is 10.1. The van der Waals surface area contributed by atoms with E-state index in [1.165, 1.54) is 23.3 Å². The number of hydrogen-bond donors (Lipinski definition) is 1. The largest absolute Gasteiger partial charge is 0.491 e. The first-order valence-electron chi connectivity index (χ1n) is 10.5.